The van der Waals surface area contributed by atoms with Gasteiger partial charge in [0.1, 0.15) is 18.2 Å². The number of halogens is 2. The van der Waals surface area contributed by atoms with E-state index in [1.165, 1.54) is 24.3 Å². The Morgan fingerprint density at radius 3 is 2.61 bits per heavy atom. The molecule has 0 atom stereocenters. The lowest BCUT2D eigenvalue weighted by Crippen LogP contribution is -2.14. The van der Waals surface area contributed by atoms with Gasteiger partial charge in [-0.05, 0) is 93.3 Å². The molecule has 1 N–H and O–H groups in total. The fourth-order valence-corrected chi connectivity index (χ4v) is 4.47. The van der Waals surface area contributed by atoms with Gasteiger partial charge in [0, 0.05) is 16.6 Å². The van der Waals surface area contributed by atoms with Crippen LogP contribution in [0.3, 0.4) is 0 Å². The van der Waals surface area contributed by atoms with Gasteiger partial charge in [-0.2, -0.15) is 5.26 Å². The SMILES string of the molecule is CCOc1cc(/C=C(/C#N)C(=O)Nc2ccc([N+](=O)[O-])cc2Br)cc(I)c1OCc1ccccc1C. The first-order valence-electron chi connectivity index (χ1n) is 10.7. The highest BCUT2D eigenvalue weighted by Crippen LogP contribution is 2.36. The standard InChI is InChI=1S/C26H21BrIN3O5/c1-3-35-24-12-17(11-22(28)25(24)36-15-18-7-5-4-6-16(18)2)10-19(14-29)26(32)30-23-9-8-20(31(33)34)13-21(23)27/h4-13H,3,15H2,1-2H3,(H,30,32)/b19-10-. The van der Waals surface area contributed by atoms with E-state index in [9.17, 15) is 20.2 Å². The zero-order valence-electron chi connectivity index (χ0n) is 19.4. The van der Waals surface area contributed by atoms with E-state index >= 15 is 0 Å². The maximum Gasteiger partial charge on any atom is 0.270 e. The summed E-state index contributed by atoms with van der Waals surface area (Å²) in [5.41, 5.74) is 2.79. The summed E-state index contributed by atoms with van der Waals surface area (Å²) in [6, 6.07) is 17.3. The quantitative estimate of drug-likeness (QED) is 0.0888. The number of nitro benzene ring substituents is 1. The predicted molar refractivity (Wildman–Crippen MR) is 149 cm³/mol. The fraction of sp³-hybridized carbons (Fsp3) is 0.154. The Hall–Kier alpha value is -3.43. The Labute approximate surface area is 230 Å². The van der Waals surface area contributed by atoms with Crippen LogP contribution in [0.2, 0.25) is 0 Å². The van der Waals surface area contributed by atoms with Crippen LogP contribution in [0.15, 0.2) is 64.6 Å². The van der Waals surface area contributed by atoms with E-state index in [0.29, 0.717) is 40.4 Å². The van der Waals surface area contributed by atoms with E-state index in [1.807, 2.05) is 44.2 Å². The molecule has 1 amide bonds. The lowest BCUT2D eigenvalue weighted by molar-refractivity contribution is -0.384. The zero-order valence-corrected chi connectivity index (χ0v) is 23.1. The first-order valence-corrected chi connectivity index (χ1v) is 12.6. The van der Waals surface area contributed by atoms with Crippen LogP contribution in [-0.4, -0.2) is 17.4 Å². The Bertz CT molecular complexity index is 1380. The van der Waals surface area contributed by atoms with Crippen molar-refractivity contribution < 1.29 is 19.2 Å². The number of nitro groups is 1. The van der Waals surface area contributed by atoms with Crippen LogP contribution in [0.25, 0.3) is 6.08 Å². The second kappa shape index (κ2) is 12.5. The molecule has 0 saturated heterocycles. The molecular weight excluding hydrogens is 641 g/mol. The third-order valence-corrected chi connectivity index (χ3v) is 6.51. The fourth-order valence-electron chi connectivity index (χ4n) is 3.22. The molecule has 3 rings (SSSR count). The van der Waals surface area contributed by atoms with Gasteiger partial charge in [-0.1, -0.05) is 24.3 Å². The zero-order chi connectivity index (χ0) is 26.2. The van der Waals surface area contributed by atoms with Crippen LogP contribution < -0.4 is 14.8 Å². The summed E-state index contributed by atoms with van der Waals surface area (Å²) in [4.78, 5) is 23.1. The lowest BCUT2D eigenvalue weighted by Gasteiger charge is -2.16. The molecule has 0 bridgehead atoms. The van der Waals surface area contributed by atoms with E-state index in [2.05, 4.69) is 43.8 Å². The number of non-ortho nitro benzene ring substituents is 1. The topological polar surface area (TPSA) is 114 Å². The average molecular weight is 662 g/mol. The Morgan fingerprint density at radius 2 is 1.97 bits per heavy atom. The van der Waals surface area contributed by atoms with Crippen molar-refractivity contribution in [3.05, 3.63) is 95.0 Å². The van der Waals surface area contributed by atoms with Crippen molar-refractivity contribution in [1.29, 1.82) is 5.26 Å². The first kappa shape index (κ1) is 27.2. The van der Waals surface area contributed by atoms with E-state index in [-0.39, 0.29) is 11.3 Å². The minimum atomic E-state index is -0.653. The number of carbonyl (C=O) groups excluding carboxylic acids is 1. The van der Waals surface area contributed by atoms with Crippen LogP contribution in [0, 0.1) is 31.9 Å². The van der Waals surface area contributed by atoms with Gasteiger partial charge >= 0.3 is 0 Å². The van der Waals surface area contributed by atoms with E-state index in [1.54, 1.807) is 12.1 Å². The van der Waals surface area contributed by atoms with Crippen LogP contribution in [0.5, 0.6) is 11.5 Å². The highest BCUT2D eigenvalue weighted by atomic mass is 127. The molecule has 0 aromatic heterocycles. The smallest absolute Gasteiger partial charge is 0.270 e. The molecule has 10 heteroatoms. The van der Waals surface area contributed by atoms with Gasteiger partial charge in [-0.15, -0.1) is 0 Å². The number of nitrogens with zero attached hydrogens (tertiary/aromatic N) is 2. The maximum absolute atomic E-state index is 12.8. The number of hydrogen-bond acceptors (Lipinski definition) is 6. The monoisotopic (exact) mass is 661 g/mol. The largest absolute Gasteiger partial charge is 0.490 e. The first-order chi connectivity index (χ1) is 17.2. The highest BCUT2D eigenvalue weighted by Gasteiger charge is 2.17. The number of hydrogen-bond donors (Lipinski definition) is 1. The van der Waals surface area contributed by atoms with Crippen molar-refractivity contribution in [3.63, 3.8) is 0 Å². The molecule has 0 spiro atoms. The summed E-state index contributed by atoms with van der Waals surface area (Å²) in [7, 11) is 0. The Morgan fingerprint density at radius 1 is 1.22 bits per heavy atom. The molecule has 0 fully saturated rings. The second-order valence-electron chi connectivity index (χ2n) is 7.52. The third-order valence-electron chi connectivity index (χ3n) is 5.05. The van der Waals surface area contributed by atoms with Crippen LogP contribution in [-0.2, 0) is 11.4 Å². The summed E-state index contributed by atoms with van der Waals surface area (Å²) in [6.07, 6.45) is 1.45. The Kier molecular flexibility index (Phi) is 9.44. The molecule has 0 aliphatic carbocycles. The van der Waals surface area contributed by atoms with E-state index < -0.39 is 10.8 Å². The number of nitriles is 1. The van der Waals surface area contributed by atoms with Crippen molar-refractivity contribution in [3.8, 4) is 17.6 Å². The molecular formula is C26H21BrIN3O5. The summed E-state index contributed by atoms with van der Waals surface area (Å²) in [5, 5.41) is 23.1. The van der Waals surface area contributed by atoms with Gasteiger partial charge in [0.25, 0.3) is 11.6 Å². The molecule has 3 aromatic carbocycles. The lowest BCUT2D eigenvalue weighted by atomic mass is 10.1. The number of carbonyl (C=O) groups is 1. The molecule has 0 aliphatic heterocycles. The minimum absolute atomic E-state index is 0.126. The van der Waals surface area contributed by atoms with Crippen LogP contribution >= 0.6 is 38.5 Å². The maximum atomic E-state index is 12.8. The highest BCUT2D eigenvalue weighted by molar-refractivity contribution is 14.1. The number of rotatable bonds is 9. The van der Waals surface area contributed by atoms with Crippen LogP contribution in [0.4, 0.5) is 11.4 Å². The average Bonchev–Trinajstić information content (AvgIpc) is 2.84. The molecule has 8 nitrogen and oxygen atoms in total. The van der Waals surface area contributed by atoms with Crippen LogP contribution in [0.1, 0.15) is 23.6 Å². The van der Waals surface area contributed by atoms with Gasteiger partial charge in [0.15, 0.2) is 11.5 Å². The number of ether oxygens (including phenoxy) is 2. The normalized spacial score (nSPS) is 10.9. The van der Waals surface area contributed by atoms with Gasteiger partial charge in [-0.25, -0.2) is 0 Å². The van der Waals surface area contributed by atoms with Gasteiger partial charge in [-0.3, -0.25) is 14.9 Å². The van der Waals surface area contributed by atoms with E-state index in [4.69, 9.17) is 9.47 Å². The molecule has 36 heavy (non-hydrogen) atoms. The summed E-state index contributed by atoms with van der Waals surface area (Å²) in [5.74, 6) is 0.426. The molecule has 3 aromatic rings. The number of nitrogens with one attached hydrogen (secondary N) is 1. The number of anilines is 1. The second-order valence-corrected chi connectivity index (χ2v) is 9.54. The summed E-state index contributed by atoms with van der Waals surface area (Å²) >= 11 is 5.34. The molecule has 0 saturated carbocycles. The van der Waals surface area contributed by atoms with Gasteiger partial charge < -0.3 is 14.8 Å². The molecule has 0 aliphatic rings. The Balaban J connectivity index is 1.86. The molecule has 0 radical (unpaired) electrons. The third kappa shape index (κ3) is 6.83. The van der Waals surface area contributed by atoms with Crippen molar-refractivity contribution in [2.75, 3.05) is 11.9 Å². The minimum Gasteiger partial charge on any atom is -0.490 e. The molecule has 0 unspecified atom stereocenters. The molecule has 0 heterocycles. The predicted octanol–water partition coefficient (Wildman–Crippen LogP) is 6.79. The summed E-state index contributed by atoms with van der Waals surface area (Å²) < 4.78 is 13.0. The van der Waals surface area contributed by atoms with E-state index in [0.717, 1.165) is 14.7 Å². The number of benzene rings is 3. The van der Waals surface area contributed by atoms with Gasteiger partial charge in [0.05, 0.1) is 20.8 Å². The number of aryl methyl sites for hydroxylation is 1. The van der Waals surface area contributed by atoms with Crippen molar-refractivity contribution >= 4 is 61.9 Å². The summed E-state index contributed by atoms with van der Waals surface area (Å²) in [6.45, 7) is 4.65. The van der Waals surface area contributed by atoms with Crippen molar-refractivity contribution in [1.82, 2.24) is 0 Å². The van der Waals surface area contributed by atoms with Crippen molar-refractivity contribution in [2.24, 2.45) is 0 Å². The van der Waals surface area contributed by atoms with Gasteiger partial charge in [0.2, 0.25) is 0 Å². The van der Waals surface area contributed by atoms with Crippen molar-refractivity contribution in [2.45, 2.75) is 20.5 Å². The molecule has 184 valence electrons. The number of amides is 1.